The Morgan fingerprint density at radius 3 is 2.38 bits per heavy atom. The minimum atomic E-state index is -3.04. The van der Waals surface area contributed by atoms with Gasteiger partial charge in [-0.25, -0.2) is 8.42 Å². The van der Waals surface area contributed by atoms with E-state index in [9.17, 15) is 8.42 Å². The summed E-state index contributed by atoms with van der Waals surface area (Å²) in [4.78, 5) is 1.86. The van der Waals surface area contributed by atoms with Crippen LogP contribution in [0.15, 0.2) is 0 Å². The SMILES string of the molecule is CN(C)CC1(C#N)CC1S(C)(=O)=O. The van der Waals surface area contributed by atoms with Crippen LogP contribution in [-0.2, 0) is 9.84 Å². The Morgan fingerprint density at radius 1 is 1.62 bits per heavy atom. The first-order valence-corrected chi connectivity index (χ1v) is 6.02. The van der Waals surface area contributed by atoms with Gasteiger partial charge in [-0.15, -0.1) is 0 Å². The van der Waals surface area contributed by atoms with Crippen molar-refractivity contribution in [3.8, 4) is 6.07 Å². The molecular weight excluding hydrogens is 188 g/mol. The largest absolute Gasteiger partial charge is 0.308 e. The van der Waals surface area contributed by atoms with Gasteiger partial charge in [-0.2, -0.15) is 5.26 Å². The molecule has 1 aliphatic carbocycles. The Bertz CT molecular complexity index is 342. The highest BCUT2D eigenvalue weighted by Crippen LogP contribution is 2.50. The van der Waals surface area contributed by atoms with E-state index in [4.69, 9.17) is 5.26 Å². The van der Waals surface area contributed by atoms with Crippen molar-refractivity contribution in [2.24, 2.45) is 5.41 Å². The zero-order chi connectivity index (χ0) is 10.3. The molecule has 74 valence electrons. The second-order valence-corrected chi connectivity index (χ2v) is 6.26. The van der Waals surface area contributed by atoms with E-state index in [0.29, 0.717) is 13.0 Å². The summed E-state index contributed by atoms with van der Waals surface area (Å²) >= 11 is 0. The Hall–Kier alpha value is -0.600. The smallest absolute Gasteiger partial charge is 0.151 e. The molecule has 0 aromatic rings. The molecule has 13 heavy (non-hydrogen) atoms. The number of nitrogens with zero attached hydrogens (tertiary/aromatic N) is 2. The van der Waals surface area contributed by atoms with E-state index in [1.54, 1.807) is 0 Å². The topological polar surface area (TPSA) is 61.2 Å². The summed E-state index contributed by atoms with van der Waals surface area (Å²) in [5.74, 6) is 0. The Labute approximate surface area is 79.1 Å². The van der Waals surface area contributed by atoms with Crippen LogP contribution >= 0.6 is 0 Å². The van der Waals surface area contributed by atoms with Crippen LogP contribution in [0, 0.1) is 16.7 Å². The van der Waals surface area contributed by atoms with Crippen molar-refractivity contribution in [2.75, 3.05) is 26.9 Å². The van der Waals surface area contributed by atoms with E-state index < -0.39 is 20.5 Å². The molecule has 1 saturated carbocycles. The zero-order valence-corrected chi connectivity index (χ0v) is 8.93. The molecule has 5 heteroatoms. The second-order valence-electron chi connectivity index (χ2n) is 4.03. The zero-order valence-electron chi connectivity index (χ0n) is 8.11. The average molecular weight is 202 g/mol. The highest BCUT2D eigenvalue weighted by Gasteiger charge is 2.60. The van der Waals surface area contributed by atoms with Crippen molar-refractivity contribution in [2.45, 2.75) is 11.7 Å². The highest BCUT2D eigenvalue weighted by molar-refractivity contribution is 7.91. The van der Waals surface area contributed by atoms with Crippen molar-refractivity contribution in [3.05, 3.63) is 0 Å². The maximum Gasteiger partial charge on any atom is 0.151 e. The third-order valence-electron chi connectivity index (χ3n) is 2.34. The number of hydrogen-bond acceptors (Lipinski definition) is 4. The van der Waals surface area contributed by atoms with Gasteiger partial charge < -0.3 is 4.90 Å². The number of sulfone groups is 1. The third kappa shape index (κ3) is 2.01. The van der Waals surface area contributed by atoms with E-state index >= 15 is 0 Å². The summed E-state index contributed by atoms with van der Waals surface area (Å²) in [6.07, 6.45) is 1.69. The molecule has 0 radical (unpaired) electrons. The molecular formula is C8H14N2O2S. The summed E-state index contributed by atoms with van der Waals surface area (Å²) in [7, 11) is 0.644. The fourth-order valence-electron chi connectivity index (χ4n) is 1.72. The lowest BCUT2D eigenvalue weighted by atomic mass is 10.1. The molecule has 1 aliphatic rings. The summed E-state index contributed by atoms with van der Waals surface area (Å²) in [5, 5.41) is 8.45. The lowest BCUT2D eigenvalue weighted by Crippen LogP contribution is -2.26. The second kappa shape index (κ2) is 2.96. The first-order valence-electron chi connectivity index (χ1n) is 4.07. The maximum atomic E-state index is 11.2. The molecule has 1 rings (SSSR count). The molecule has 0 N–H and O–H groups in total. The van der Waals surface area contributed by atoms with E-state index in [1.807, 2.05) is 19.0 Å². The molecule has 0 heterocycles. The van der Waals surface area contributed by atoms with E-state index in [2.05, 4.69) is 6.07 Å². The van der Waals surface area contributed by atoms with Crippen molar-refractivity contribution in [1.29, 1.82) is 5.26 Å². The minimum absolute atomic E-state index is 0.451. The summed E-state index contributed by atoms with van der Waals surface area (Å²) < 4.78 is 22.4. The van der Waals surface area contributed by atoms with E-state index in [-0.39, 0.29) is 0 Å². The fourth-order valence-corrected chi connectivity index (χ4v) is 3.26. The minimum Gasteiger partial charge on any atom is -0.308 e. The molecule has 1 fully saturated rings. The quantitative estimate of drug-likeness (QED) is 0.640. The molecule has 0 bridgehead atoms. The van der Waals surface area contributed by atoms with E-state index in [0.717, 1.165) is 0 Å². The summed E-state index contributed by atoms with van der Waals surface area (Å²) in [5.41, 5.74) is -0.642. The van der Waals surface area contributed by atoms with Gasteiger partial charge in [-0.05, 0) is 20.5 Å². The number of rotatable bonds is 3. The molecule has 2 unspecified atom stereocenters. The first kappa shape index (κ1) is 10.5. The fraction of sp³-hybridized carbons (Fsp3) is 0.875. The van der Waals surface area contributed by atoms with Crippen LogP contribution in [0.3, 0.4) is 0 Å². The predicted molar refractivity (Wildman–Crippen MR) is 49.8 cm³/mol. The summed E-state index contributed by atoms with van der Waals surface area (Å²) in [6.45, 7) is 0.529. The summed E-state index contributed by atoms with van der Waals surface area (Å²) in [6, 6.07) is 2.12. The van der Waals surface area contributed by atoms with Crippen LogP contribution in [0.1, 0.15) is 6.42 Å². The van der Waals surface area contributed by atoms with Gasteiger partial charge in [0.1, 0.15) is 0 Å². The normalized spacial score (nSPS) is 33.0. The number of hydrogen-bond donors (Lipinski definition) is 0. The predicted octanol–water partition coefficient (Wildman–Crippen LogP) is -0.125. The van der Waals surface area contributed by atoms with Crippen molar-refractivity contribution < 1.29 is 8.42 Å². The van der Waals surface area contributed by atoms with Crippen molar-refractivity contribution >= 4 is 9.84 Å². The van der Waals surface area contributed by atoms with Gasteiger partial charge in [0.2, 0.25) is 0 Å². The molecule has 0 aliphatic heterocycles. The van der Waals surface area contributed by atoms with Crippen LogP contribution in [0.25, 0.3) is 0 Å². The molecule has 0 spiro atoms. The van der Waals surface area contributed by atoms with Crippen LogP contribution in [0.2, 0.25) is 0 Å². The van der Waals surface area contributed by atoms with Gasteiger partial charge in [-0.3, -0.25) is 0 Å². The molecule has 0 amide bonds. The van der Waals surface area contributed by atoms with Gasteiger partial charge in [0, 0.05) is 12.8 Å². The lowest BCUT2D eigenvalue weighted by Gasteiger charge is -2.13. The Kier molecular flexibility index (Phi) is 2.39. The van der Waals surface area contributed by atoms with Crippen LogP contribution in [0.5, 0.6) is 0 Å². The van der Waals surface area contributed by atoms with Crippen LogP contribution < -0.4 is 0 Å². The average Bonchev–Trinajstić information content (AvgIpc) is 2.62. The van der Waals surface area contributed by atoms with Gasteiger partial charge in [0.15, 0.2) is 9.84 Å². The monoisotopic (exact) mass is 202 g/mol. The van der Waals surface area contributed by atoms with Crippen molar-refractivity contribution in [1.82, 2.24) is 4.90 Å². The van der Waals surface area contributed by atoms with Crippen LogP contribution in [-0.4, -0.2) is 45.5 Å². The lowest BCUT2D eigenvalue weighted by molar-refractivity contribution is 0.352. The van der Waals surface area contributed by atoms with Crippen LogP contribution in [0.4, 0.5) is 0 Å². The number of nitriles is 1. The Morgan fingerprint density at radius 2 is 2.15 bits per heavy atom. The molecule has 0 aromatic carbocycles. The standard InChI is InChI=1S/C8H14N2O2S/c1-10(2)6-8(5-9)4-7(8)13(3,11)12/h7H,4,6H2,1-3H3. The van der Waals surface area contributed by atoms with Gasteiger partial charge in [-0.1, -0.05) is 0 Å². The molecule has 0 aromatic heterocycles. The van der Waals surface area contributed by atoms with E-state index in [1.165, 1.54) is 6.26 Å². The molecule has 2 atom stereocenters. The highest BCUT2D eigenvalue weighted by atomic mass is 32.2. The molecule has 4 nitrogen and oxygen atoms in total. The third-order valence-corrected chi connectivity index (χ3v) is 4.00. The van der Waals surface area contributed by atoms with Gasteiger partial charge in [0.05, 0.1) is 16.7 Å². The van der Waals surface area contributed by atoms with Gasteiger partial charge in [0.25, 0.3) is 0 Å². The Balaban J connectivity index is 2.77. The molecule has 0 saturated heterocycles. The first-order chi connectivity index (χ1) is 5.82. The maximum absolute atomic E-state index is 11.2. The van der Waals surface area contributed by atoms with Crippen molar-refractivity contribution in [3.63, 3.8) is 0 Å². The van der Waals surface area contributed by atoms with Gasteiger partial charge >= 0.3 is 0 Å².